The van der Waals surface area contributed by atoms with Crippen LogP contribution in [0.1, 0.15) is 11.1 Å². The zero-order valence-electron chi connectivity index (χ0n) is 12.5. The predicted octanol–water partition coefficient (Wildman–Crippen LogP) is 2.53. The van der Waals surface area contributed by atoms with Crippen LogP contribution in [0.15, 0.2) is 24.5 Å². The Balaban J connectivity index is 2.16. The summed E-state index contributed by atoms with van der Waals surface area (Å²) in [6.07, 6.45) is 1.42. The maximum Gasteiger partial charge on any atom is 0.248 e. The third-order valence-electron chi connectivity index (χ3n) is 3.14. The van der Waals surface area contributed by atoms with Gasteiger partial charge in [-0.2, -0.15) is 4.98 Å². The van der Waals surface area contributed by atoms with E-state index in [0.29, 0.717) is 36.3 Å². The maximum atomic E-state index is 6.03. The van der Waals surface area contributed by atoms with E-state index in [-0.39, 0.29) is 0 Å². The molecule has 1 aromatic carbocycles. The molecule has 0 aliphatic carbocycles. The maximum absolute atomic E-state index is 6.03. The number of aromatic nitrogens is 2. The normalized spacial score (nSPS) is 10.4. The molecule has 0 amide bonds. The van der Waals surface area contributed by atoms with Gasteiger partial charge in [-0.3, -0.25) is 0 Å². The topological polar surface area (TPSA) is 82.3 Å². The summed E-state index contributed by atoms with van der Waals surface area (Å²) in [6, 6.07) is 5.84. The van der Waals surface area contributed by atoms with Gasteiger partial charge in [0, 0.05) is 13.7 Å². The first kappa shape index (κ1) is 15.1. The molecule has 0 bridgehead atoms. The first-order chi connectivity index (χ1) is 10.1. The summed E-state index contributed by atoms with van der Waals surface area (Å²) in [7, 11) is 1.64. The highest BCUT2D eigenvalue weighted by Gasteiger charge is 2.10. The molecule has 1 aromatic heterocycles. The number of hydrogen-bond donors (Lipinski definition) is 2. The fraction of sp³-hybridized carbons (Fsp3) is 0.333. The lowest BCUT2D eigenvalue weighted by Crippen LogP contribution is -2.11. The number of methoxy groups -OCH3 is 1. The minimum Gasteiger partial charge on any atom is -0.437 e. The van der Waals surface area contributed by atoms with Crippen molar-refractivity contribution in [2.24, 2.45) is 0 Å². The minimum atomic E-state index is 0.341. The lowest BCUT2D eigenvalue weighted by molar-refractivity contribution is 0.210. The van der Waals surface area contributed by atoms with Gasteiger partial charge in [-0.05, 0) is 37.1 Å². The molecule has 3 N–H and O–H groups in total. The smallest absolute Gasteiger partial charge is 0.248 e. The van der Waals surface area contributed by atoms with E-state index in [1.54, 1.807) is 7.11 Å². The average Bonchev–Trinajstić information content (AvgIpc) is 2.47. The van der Waals surface area contributed by atoms with Crippen molar-refractivity contribution < 1.29 is 9.47 Å². The van der Waals surface area contributed by atoms with Gasteiger partial charge < -0.3 is 20.5 Å². The Morgan fingerprint density at radius 2 is 2.00 bits per heavy atom. The Morgan fingerprint density at radius 3 is 2.71 bits per heavy atom. The van der Waals surface area contributed by atoms with Crippen LogP contribution in [0.5, 0.6) is 11.6 Å². The molecule has 0 saturated carbocycles. The van der Waals surface area contributed by atoms with E-state index < -0.39 is 0 Å². The number of nitrogen functional groups attached to an aromatic ring is 1. The van der Waals surface area contributed by atoms with Gasteiger partial charge in [0.1, 0.15) is 17.8 Å². The van der Waals surface area contributed by atoms with E-state index in [9.17, 15) is 0 Å². The third-order valence-corrected chi connectivity index (χ3v) is 3.14. The molecular weight excluding hydrogens is 268 g/mol. The number of nitrogens with zero attached hydrogens (tertiary/aromatic N) is 2. The number of hydrogen-bond acceptors (Lipinski definition) is 6. The van der Waals surface area contributed by atoms with Gasteiger partial charge >= 0.3 is 0 Å². The molecule has 0 atom stereocenters. The van der Waals surface area contributed by atoms with Crippen LogP contribution in [-0.4, -0.2) is 30.2 Å². The van der Waals surface area contributed by atoms with Crippen LogP contribution in [0.25, 0.3) is 0 Å². The van der Waals surface area contributed by atoms with E-state index in [1.807, 2.05) is 25.1 Å². The Kier molecular flexibility index (Phi) is 4.94. The molecule has 0 fully saturated rings. The summed E-state index contributed by atoms with van der Waals surface area (Å²) in [5.41, 5.74) is 8.77. The molecule has 6 heteroatoms. The standard InChI is InChI=1S/C15H20N4O2/c1-10-4-5-12(8-11(10)2)21-15-13(16)14(18-9-19-15)17-6-7-20-3/h4-5,8-9H,6-7,16H2,1-3H3,(H,17,18,19). The number of rotatable bonds is 6. The van der Waals surface area contributed by atoms with Crippen LogP contribution in [0.2, 0.25) is 0 Å². The zero-order chi connectivity index (χ0) is 15.2. The Morgan fingerprint density at radius 1 is 1.19 bits per heavy atom. The van der Waals surface area contributed by atoms with E-state index in [4.69, 9.17) is 15.2 Å². The van der Waals surface area contributed by atoms with E-state index in [2.05, 4.69) is 22.2 Å². The molecule has 21 heavy (non-hydrogen) atoms. The molecular formula is C15H20N4O2. The number of nitrogens with one attached hydrogen (secondary N) is 1. The summed E-state index contributed by atoms with van der Waals surface area (Å²) in [5, 5.41) is 3.08. The van der Waals surface area contributed by atoms with Crippen molar-refractivity contribution in [3.63, 3.8) is 0 Å². The van der Waals surface area contributed by atoms with Crippen molar-refractivity contribution in [2.75, 3.05) is 31.3 Å². The lowest BCUT2D eigenvalue weighted by atomic mass is 10.1. The molecule has 0 saturated heterocycles. The number of nitrogens with two attached hydrogens (primary N) is 1. The van der Waals surface area contributed by atoms with Crippen molar-refractivity contribution in [3.8, 4) is 11.6 Å². The van der Waals surface area contributed by atoms with Crippen LogP contribution in [0.4, 0.5) is 11.5 Å². The highest BCUT2D eigenvalue weighted by atomic mass is 16.5. The van der Waals surface area contributed by atoms with E-state index >= 15 is 0 Å². The molecule has 1 heterocycles. The Hall–Kier alpha value is -2.34. The van der Waals surface area contributed by atoms with Gasteiger partial charge in [0.15, 0.2) is 5.82 Å². The van der Waals surface area contributed by atoms with Gasteiger partial charge in [0.05, 0.1) is 6.61 Å². The predicted molar refractivity (Wildman–Crippen MR) is 82.8 cm³/mol. The van der Waals surface area contributed by atoms with E-state index in [1.165, 1.54) is 11.9 Å². The number of ether oxygens (including phenoxy) is 2. The lowest BCUT2D eigenvalue weighted by Gasteiger charge is -2.12. The van der Waals surface area contributed by atoms with Crippen LogP contribution < -0.4 is 15.8 Å². The second kappa shape index (κ2) is 6.90. The van der Waals surface area contributed by atoms with Crippen molar-refractivity contribution in [2.45, 2.75) is 13.8 Å². The van der Waals surface area contributed by atoms with Crippen molar-refractivity contribution in [1.29, 1.82) is 0 Å². The van der Waals surface area contributed by atoms with Crippen molar-refractivity contribution in [3.05, 3.63) is 35.7 Å². The number of anilines is 2. The number of aryl methyl sites for hydroxylation is 2. The molecule has 2 rings (SSSR count). The van der Waals surface area contributed by atoms with E-state index in [0.717, 1.165) is 5.56 Å². The molecule has 2 aromatic rings. The third kappa shape index (κ3) is 3.82. The molecule has 0 unspecified atom stereocenters. The second-order valence-electron chi connectivity index (χ2n) is 4.71. The summed E-state index contributed by atoms with van der Waals surface area (Å²) in [4.78, 5) is 8.19. The van der Waals surface area contributed by atoms with Gasteiger partial charge in [-0.15, -0.1) is 0 Å². The average molecular weight is 288 g/mol. The fourth-order valence-electron chi connectivity index (χ4n) is 1.76. The van der Waals surface area contributed by atoms with Gasteiger partial charge in [0.25, 0.3) is 0 Å². The Labute approximate surface area is 124 Å². The summed E-state index contributed by atoms with van der Waals surface area (Å²) in [6.45, 7) is 5.26. The van der Waals surface area contributed by atoms with Gasteiger partial charge in [-0.1, -0.05) is 6.07 Å². The monoisotopic (exact) mass is 288 g/mol. The van der Waals surface area contributed by atoms with Crippen LogP contribution in [0.3, 0.4) is 0 Å². The highest BCUT2D eigenvalue weighted by Crippen LogP contribution is 2.29. The Bertz CT molecular complexity index is 617. The second-order valence-corrected chi connectivity index (χ2v) is 4.71. The van der Waals surface area contributed by atoms with Gasteiger partial charge in [0.2, 0.25) is 5.88 Å². The van der Waals surface area contributed by atoms with Crippen LogP contribution in [0, 0.1) is 13.8 Å². The highest BCUT2D eigenvalue weighted by molar-refractivity contribution is 5.66. The first-order valence-electron chi connectivity index (χ1n) is 6.70. The van der Waals surface area contributed by atoms with Crippen LogP contribution in [-0.2, 0) is 4.74 Å². The zero-order valence-corrected chi connectivity index (χ0v) is 12.5. The quantitative estimate of drug-likeness (QED) is 0.795. The molecule has 0 aliphatic rings. The first-order valence-corrected chi connectivity index (χ1v) is 6.70. The van der Waals surface area contributed by atoms with Crippen molar-refractivity contribution in [1.82, 2.24) is 9.97 Å². The SMILES string of the molecule is COCCNc1ncnc(Oc2ccc(C)c(C)c2)c1N. The minimum absolute atomic E-state index is 0.341. The molecule has 0 radical (unpaired) electrons. The summed E-state index contributed by atoms with van der Waals surface area (Å²) < 4.78 is 10.7. The molecule has 112 valence electrons. The molecule has 6 nitrogen and oxygen atoms in total. The molecule has 0 aliphatic heterocycles. The molecule has 0 spiro atoms. The largest absolute Gasteiger partial charge is 0.437 e. The summed E-state index contributed by atoms with van der Waals surface area (Å²) in [5.74, 6) is 1.58. The van der Waals surface area contributed by atoms with Gasteiger partial charge in [-0.25, -0.2) is 4.98 Å². The number of benzene rings is 1. The van der Waals surface area contributed by atoms with Crippen LogP contribution >= 0.6 is 0 Å². The summed E-state index contributed by atoms with van der Waals surface area (Å²) >= 11 is 0. The van der Waals surface area contributed by atoms with Crippen molar-refractivity contribution >= 4 is 11.5 Å². The fourth-order valence-corrected chi connectivity index (χ4v) is 1.76.